The molecule has 7 heteroatoms. The minimum Gasteiger partial charge on any atom is -0.493 e. The molecule has 0 aliphatic heterocycles. The van der Waals surface area contributed by atoms with Gasteiger partial charge in [-0.25, -0.2) is 0 Å². The highest BCUT2D eigenvalue weighted by Gasteiger charge is 2.33. The van der Waals surface area contributed by atoms with Crippen molar-refractivity contribution in [2.24, 2.45) is 5.73 Å². The van der Waals surface area contributed by atoms with Crippen LogP contribution in [0.3, 0.4) is 0 Å². The Balaban J connectivity index is 0.00000312. The zero-order valence-corrected chi connectivity index (χ0v) is 16.0. The molecule has 1 aliphatic carbocycles. The molecule has 0 radical (unpaired) electrons. The summed E-state index contributed by atoms with van der Waals surface area (Å²) in [6.07, 6.45) is 5.13. The first-order valence-corrected chi connectivity index (χ1v) is 8.38. The van der Waals surface area contributed by atoms with Gasteiger partial charge in [0.25, 0.3) is 0 Å². The molecule has 1 aromatic carbocycles. The van der Waals surface area contributed by atoms with Gasteiger partial charge in [0, 0.05) is 13.0 Å². The lowest BCUT2D eigenvalue weighted by Gasteiger charge is -2.28. The van der Waals surface area contributed by atoms with Crippen molar-refractivity contribution in [2.45, 2.75) is 44.1 Å². The first kappa shape index (κ1) is 21.4. The van der Waals surface area contributed by atoms with Gasteiger partial charge in [0.15, 0.2) is 11.5 Å². The summed E-state index contributed by atoms with van der Waals surface area (Å²) in [7, 11) is 4.74. The Hall–Kier alpha value is -1.66. The van der Waals surface area contributed by atoms with Gasteiger partial charge in [-0.3, -0.25) is 4.79 Å². The Labute approximate surface area is 155 Å². The maximum absolute atomic E-state index is 12.4. The highest BCUT2D eigenvalue weighted by molar-refractivity contribution is 5.85. The summed E-state index contributed by atoms with van der Waals surface area (Å²) in [6.45, 7) is 0.498. The number of carbonyl (C=O) groups is 1. The van der Waals surface area contributed by atoms with E-state index in [1.807, 2.05) is 12.1 Å². The Bertz CT molecular complexity index is 574. The van der Waals surface area contributed by atoms with E-state index in [9.17, 15) is 4.79 Å². The summed E-state index contributed by atoms with van der Waals surface area (Å²) in [4.78, 5) is 12.4. The van der Waals surface area contributed by atoms with Crippen LogP contribution < -0.4 is 25.3 Å². The Kier molecular flexibility index (Phi) is 8.32. The summed E-state index contributed by atoms with van der Waals surface area (Å²) in [5.41, 5.74) is 6.58. The van der Waals surface area contributed by atoms with E-state index in [0.717, 1.165) is 31.2 Å². The van der Waals surface area contributed by atoms with Crippen molar-refractivity contribution in [3.8, 4) is 17.2 Å². The van der Waals surface area contributed by atoms with E-state index in [-0.39, 0.29) is 23.9 Å². The molecule has 6 nitrogen and oxygen atoms in total. The largest absolute Gasteiger partial charge is 0.493 e. The molecule has 0 saturated heterocycles. The number of methoxy groups -OCH3 is 3. The molecule has 25 heavy (non-hydrogen) atoms. The highest BCUT2D eigenvalue weighted by Crippen LogP contribution is 2.40. The minimum absolute atomic E-state index is 0. The first-order valence-electron chi connectivity index (χ1n) is 8.38. The number of rotatable bonds is 8. The lowest BCUT2D eigenvalue weighted by molar-refractivity contribution is -0.122. The average Bonchev–Trinajstić information content (AvgIpc) is 3.07. The maximum atomic E-state index is 12.4. The average molecular weight is 373 g/mol. The lowest BCUT2D eigenvalue weighted by Crippen LogP contribution is -2.51. The standard InChI is InChI=1S/C18H28N2O4.ClH/c1-22-14-8-6-13(16(23-2)17(14)24-3)7-9-15(21)20-18(12-19)10-4-5-11-18;/h6,8H,4-5,7,9-12,19H2,1-3H3,(H,20,21);1H. The zero-order chi connectivity index (χ0) is 17.6. The number of benzene rings is 1. The molecule has 1 fully saturated rings. The maximum Gasteiger partial charge on any atom is 0.220 e. The predicted molar refractivity (Wildman–Crippen MR) is 100 cm³/mol. The summed E-state index contributed by atoms with van der Waals surface area (Å²) in [5.74, 6) is 1.79. The van der Waals surface area contributed by atoms with Crippen molar-refractivity contribution in [1.82, 2.24) is 5.32 Å². The first-order chi connectivity index (χ1) is 11.6. The monoisotopic (exact) mass is 372 g/mol. The SMILES string of the molecule is COc1ccc(CCC(=O)NC2(CN)CCCC2)c(OC)c1OC.Cl. The Morgan fingerprint density at radius 3 is 2.28 bits per heavy atom. The van der Waals surface area contributed by atoms with E-state index in [4.69, 9.17) is 19.9 Å². The third kappa shape index (κ3) is 4.92. The molecule has 0 bridgehead atoms. The van der Waals surface area contributed by atoms with Crippen LogP contribution in [0.5, 0.6) is 17.2 Å². The fourth-order valence-corrected chi connectivity index (χ4v) is 3.40. The molecule has 2 rings (SSSR count). The summed E-state index contributed by atoms with van der Waals surface area (Å²) in [5, 5.41) is 3.14. The Morgan fingerprint density at radius 2 is 1.76 bits per heavy atom. The van der Waals surface area contributed by atoms with Crippen molar-refractivity contribution < 1.29 is 19.0 Å². The van der Waals surface area contributed by atoms with Gasteiger partial charge in [0.1, 0.15) is 0 Å². The molecule has 0 heterocycles. The molecular weight excluding hydrogens is 344 g/mol. The van der Waals surface area contributed by atoms with Crippen LogP contribution in [-0.4, -0.2) is 39.3 Å². The normalized spacial score (nSPS) is 15.2. The smallest absolute Gasteiger partial charge is 0.220 e. The minimum atomic E-state index is -0.210. The molecule has 1 amide bonds. The number of aryl methyl sites for hydroxylation is 1. The number of hydrogen-bond acceptors (Lipinski definition) is 5. The van der Waals surface area contributed by atoms with Crippen LogP contribution in [0.4, 0.5) is 0 Å². The quantitative estimate of drug-likeness (QED) is 0.732. The van der Waals surface area contributed by atoms with Gasteiger partial charge in [0.2, 0.25) is 11.7 Å². The number of hydrogen-bond donors (Lipinski definition) is 2. The summed E-state index contributed by atoms with van der Waals surface area (Å²) < 4.78 is 16.1. The number of ether oxygens (including phenoxy) is 3. The van der Waals surface area contributed by atoms with Crippen LogP contribution in [0.2, 0.25) is 0 Å². The molecule has 0 atom stereocenters. The van der Waals surface area contributed by atoms with Crippen molar-refractivity contribution >= 4 is 18.3 Å². The van der Waals surface area contributed by atoms with E-state index in [1.54, 1.807) is 21.3 Å². The number of carbonyl (C=O) groups excluding carboxylic acids is 1. The molecule has 1 aliphatic rings. The van der Waals surface area contributed by atoms with Crippen LogP contribution in [-0.2, 0) is 11.2 Å². The number of halogens is 1. The van der Waals surface area contributed by atoms with Gasteiger partial charge >= 0.3 is 0 Å². The van der Waals surface area contributed by atoms with Crippen LogP contribution in [0.1, 0.15) is 37.7 Å². The molecule has 142 valence electrons. The van der Waals surface area contributed by atoms with Crippen LogP contribution in [0, 0.1) is 0 Å². The van der Waals surface area contributed by atoms with E-state index in [2.05, 4.69) is 5.32 Å². The van der Waals surface area contributed by atoms with Crippen molar-refractivity contribution in [2.75, 3.05) is 27.9 Å². The van der Waals surface area contributed by atoms with Gasteiger partial charge in [-0.15, -0.1) is 12.4 Å². The van der Waals surface area contributed by atoms with Crippen molar-refractivity contribution in [3.05, 3.63) is 17.7 Å². The van der Waals surface area contributed by atoms with Gasteiger partial charge in [-0.05, 0) is 30.9 Å². The van der Waals surface area contributed by atoms with Gasteiger partial charge in [0.05, 0.1) is 26.9 Å². The summed E-state index contributed by atoms with van der Waals surface area (Å²) >= 11 is 0. The predicted octanol–water partition coefficient (Wildman–Crippen LogP) is 2.45. The number of amides is 1. The molecule has 0 spiro atoms. The van der Waals surface area contributed by atoms with E-state index >= 15 is 0 Å². The molecule has 0 aromatic heterocycles. The van der Waals surface area contributed by atoms with Gasteiger partial charge in [-0.1, -0.05) is 18.9 Å². The van der Waals surface area contributed by atoms with Crippen molar-refractivity contribution in [3.63, 3.8) is 0 Å². The van der Waals surface area contributed by atoms with Gasteiger partial charge < -0.3 is 25.3 Å². The molecular formula is C18H29ClN2O4. The van der Waals surface area contributed by atoms with Crippen LogP contribution in [0.15, 0.2) is 12.1 Å². The topological polar surface area (TPSA) is 82.8 Å². The second kappa shape index (κ2) is 9.73. The van der Waals surface area contributed by atoms with Crippen molar-refractivity contribution in [1.29, 1.82) is 0 Å². The lowest BCUT2D eigenvalue weighted by atomic mass is 9.97. The fraction of sp³-hybridized carbons (Fsp3) is 0.611. The fourth-order valence-electron chi connectivity index (χ4n) is 3.40. The molecule has 3 N–H and O–H groups in total. The zero-order valence-electron chi connectivity index (χ0n) is 15.2. The number of nitrogens with one attached hydrogen (secondary N) is 1. The molecule has 0 unspecified atom stereocenters. The van der Waals surface area contributed by atoms with E-state index in [0.29, 0.717) is 36.6 Å². The highest BCUT2D eigenvalue weighted by atomic mass is 35.5. The third-order valence-corrected chi connectivity index (χ3v) is 4.76. The van der Waals surface area contributed by atoms with Crippen LogP contribution in [0.25, 0.3) is 0 Å². The summed E-state index contributed by atoms with van der Waals surface area (Å²) in [6, 6.07) is 3.73. The molecule has 1 saturated carbocycles. The molecule has 1 aromatic rings. The third-order valence-electron chi connectivity index (χ3n) is 4.76. The van der Waals surface area contributed by atoms with Gasteiger partial charge in [-0.2, -0.15) is 0 Å². The van der Waals surface area contributed by atoms with E-state index in [1.165, 1.54) is 0 Å². The van der Waals surface area contributed by atoms with Crippen LogP contribution >= 0.6 is 12.4 Å². The Morgan fingerprint density at radius 1 is 1.12 bits per heavy atom. The van der Waals surface area contributed by atoms with E-state index < -0.39 is 0 Å². The number of nitrogens with two attached hydrogens (primary N) is 1. The second-order valence-corrected chi connectivity index (χ2v) is 6.23. The second-order valence-electron chi connectivity index (χ2n) is 6.23.